The first-order chi connectivity index (χ1) is 15.9. The van der Waals surface area contributed by atoms with Gasteiger partial charge in [0.05, 0.1) is 6.54 Å². The molecular weight excluding hydrogens is 434 g/mol. The van der Waals surface area contributed by atoms with Gasteiger partial charge < -0.3 is 26.3 Å². The Morgan fingerprint density at radius 1 is 1.30 bits per heavy atom. The molecule has 0 aliphatic carbocycles. The van der Waals surface area contributed by atoms with Crippen molar-refractivity contribution in [3.05, 3.63) is 76.6 Å². The standard InChI is InChI=1S/C25H34ClN7/c1-17(2)16-33(4)25(32-14-18-6-5-10-29-13-18)23(27)24(28-3)30-11-9-19-15-31-22-8-7-20(26)12-21(19)22/h5-8,10,12-13,15,17,28,30-31H,9,11,14,16,27H2,1-4H3/b24-23-,32-25?. The van der Waals surface area contributed by atoms with Gasteiger partial charge in [-0.2, -0.15) is 0 Å². The van der Waals surface area contributed by atoms with Gasteiger partial charge in [0.25, 0.3) is 0 Å². The van der Waals surface area contributed by atoms with Gasteiger partial charge in [0.1, 0.15) is 11.5 Å². The van der Waals surface area contributed by atoms with Crippen LogP contribution in [-0.4, -0.2) is 47.9 Å². The van der Waals surface area contributed by atoms with Gasteiger partial charge in [-0.3, -0.25) is 9.98 Å². The Balaban J connectivity index is 1.77. The van der Waals surface area contributed by atoms with Gasteiger partial charge in [-0.05, 0) is 47.7 Å². The number of aromatic amines is 1. The van der Waals surface area contributed by atoms with Crippen LogP contribution in [0.4, 0.5) is 0 Å². The Hall–Kier alpha value is -3.19. The molecule has 0 bridgehead atoms. The third kappa shape index (κ3) is 6.65. The monoisotopic (exact) mass is 467 g/mol. The maximum absolute atomic E-state index is 6.63. The molecule has 0 fully saturated rings. The molecule has 0 spiro atoms. The van der Waals surface area contributed by atoms with E-state index in [1.807, 2.05) is 56.8 Å². The van der Waals surface area contributed by atoms with Gasteiger partial charge in [-0.25, -0.2) is 0 Å². The Morgan fingerprint density at radius 3 is 2.82 bits per heavy atom. The summed E-state index contributed by atoms with van der Waals surface area (Å²) in [6.45, 7) is 6.43. The van der Waals surface area contributed by atoms with E-state index < -0.39 is 0 Å². The summed E-state index contributed by atoms with van der Waals surface area (Å²) < 4.78 is 0. The summed E-state index contributed by atoms with van der Waals surface area (Å²) in [7, 11) is 3.89. The molecule has 176 valence electrons. The predicted molar refractivity (Wildman–Crippen MR) is 138 cm³/mol. The SMILES string of the molecule is CN/C(NCCc1c[nH]c2ccc(Cl)cc12)=C(/N)C(=NCc1cccnc1)N(C)CC(C)C. The lowest BCUT2D eigenvalue weighted by Crippen LogP contribution is -2.39. The smallest absolute Gasteiger partial charge is 0.151 e. The molecule has 33 heavy (non-hydrogen) atoms. The third-order valence-corrected chi connectivity index (χ3v) is 5.56. The van der Waals surface area contributed by atoms with Crippen LogP contribution in [0.2, 0.25) is 5.02 Å². The maximum atomic E-state index is 6.63. The van der Waals surface area contributed by atoms with Crippen LogP contribution >= 0.6 is 11.6 Å². The number of H-pyrrole nitrogens is 1. The van der Waals surface area contributed by atoms with Crippen molar-refractivity contribution in [1.82, 2.24) is 25.5 Å². The second-order valence-electron chi connectivity index (χ2n) is 8.49. The fraction of sp³-hybridized carbons (Fsp3) is 0.360. The molecule has 0 saturated carbocycles. The van der Waals surface area contributed by atoms with E-state index in [-0.39, 0.29) is 0 Å². The van der Waals surface area contributed by atoms with Crippen LogP contribution in [0.15, 0.2) is 65.4 Å². The lowest BCUT2D eigenvalue weighted by Gasteiger charge is -2.25. The average Bonchev–Trinajstić information content (AvgIpc) is 3.19. The summed E-state index contributed by atoms with van der Waals surface area (Å²) in [5, 5.41) is 8.54. The number of amidine groups is 1. The minimum atomic E-state index is 0.478. The fourth-order valence-electron chi connectivity index (χ4n) is 3.81. The van der Waals surface area contributed by atoms with E-state index in [0.29, 0.717) is 24.7 Å². The third-order valence-electron chi connectivity index (χ3n) is 5.32. The predicted octanol–water partition coefficient (Wildman–Crippen LogP) is 3.88. The maximum Gasteiger partial charge on any atom is 0.151 e. The van der Waals surface area contributed by atoms with Crippen molar-refractivity contribution in [3.8, 4) is 0 Å². The average molecular weight is 468 g/mol. The van der Waals surface area contributed by atoms with Crippen molar-refractivity contribution in [2.45, 2.75) is 26.8 Å². The van der Waals surface area contributed by atoms with Crippen molar-refractivity contribution in [1.29, 1.82) is 0 Å². The second kappa shape index (κ2) is 11.6. The summed E-state index contributed by atoms with van der Waals surface area (Å²) >= 11 is 6.19. The number of likely N-dealkylation sites (N-methyl/N-ethyl adjacent to an activating group) is 1. The van der Waals surface area contributed by atoms with Crippen LogP contribution in [0.1, 0.15) is 25.0 Å². The zero-order valence-electron chi connectivity index (χ0n) is 19.8. The van der Waals surface area contributed by atoms with Crippen molar-refractivity contribution in [2.75, 3.05) is 27.2 Å². The van der Waals surface area contributed by atoms with Gasteiger partial charge in [-0.1, -0.05) is 31.5 Å². The zero-order chi connectivity index (χ0) is 23.8. The summed E-state index contributed by atoms with van der Waals surface area (Å²) in [6, 6.07) is 9.82. The molecule has 0 aliphatic heterocycles. The Labute approximate surface area is 201 Å². The van der Waals surface area contributed by atoms with Gasteiger partial charge in [-0.15, -0.1) is 0 Å². The number of benzene rings is 1. The molecule has 0 radical (unpaired) electrons. The first-order valence-electron chi connectivity index (χ1n) is 11.2. The highest BCUT2D eigenvalue weighted by Crippen LogP contribution is 2.22. The molecule has 0 amide bonds. The van der Waals surface area contributed by atoms with Crippen LogP contribution in [-0.2, 0) is 13.0 Å². The minimum Gasteiger partial charge on any atom is -0.393 e. The van der Waals surface area contributed by atoms with Gasteiger partial charge in [0, 0.05) is 61.7 Å². The Bertz CT molecular complexity index is 1100. The number of hydrogen-bond donors (Lipinski definition) is 4. The van der Waals surface area contributed by atoms with E-state index in [1.165, 1.54) is 5.56 Å². The van der Waals surface area contributed by atoms with Gasteiger partial charge in [0.15, 0.2) is 5.84 Å². The highest BCUT2D eigenvalue weighted by Gasteiger charge is 2.16. The minimum absolute atomic E-state index is 0.478. The summed E-state index contributed by atoms with van der Waals surface area (Å²) in [5.74, 6) is 1.99. The van der Waals surface area contributed by atoms with E-state index in [9.17, 15) is 0 Å². The van der Waals surface area contributed by atoms with Crippen molar-refractivity contribution >= 4 is 28.3 Å². The normalized spacial score (nSPS) is 12.7. The van der Waals surface area contributed by atoms with E-state index in [2.05, 4.69) is 39.3 Å². The number of halogens is 1. The molecule has 2 heterocycles. The molecule has 0 atom stereocenters. The molecule has 1 aromatic carbocycles. The Morgan fingerprint density at radius 2 is 2.12 bits per heavy atom. The van der Waals surface area contributed by atoms with Crippen LogP contribution in [0.5, 0.6) is 0 Å². The molecule has 5 N–H and O–H groups in total. The van der Waals surface area contributed by atoms with Gasteiger partial charge >= 0.3 is 0 Å². The van der Waals surface area contributed by atoms with Crippen molar-refractivity contribution < 1.29 is 0 Å². The van der Waals surface area contributed by atoms with Crippen molar-refractivity contribution in [3.63, 3.8) is 0 Å². The summed E-state index contributed by atoms with van der Waals surface area (Å²) in [4.78, 5) is 14.4. The first-order valence-corrected chi connectivity index (χ1v) is 11.6. The number of aromatic nitrogens is 2. The molecular formula is C25H34ClN7. The van der Waals surface area contributed by atoms with Crippen molar-refractivity contribution in [2.24, 2.45) is 16.6 Å². The molecule has 8 heteroatoms. The van der Waals surface area contributed by atoms with Crippen LogP contribution in [0.3, 0.4) is 0 Å². The van der Waals surface area contributed by atoms with Crippen LogP contribution < -0.4 is 16.4 Å². The number of nitrogens with zero attached hydrogens (tertiary/aromatic N) is 3. The number of fused-ring (bicyclic) bond motifs is 1. The van der Waals surface area contributed by atoms with Gasteiger partial charge in [0.2, 0.25) is 0 Å². The largest absolute Gasteiger partial charge is 0.393 e. The van der Waals surface area contributed by atoms with E-state index in [1.54, 1.807) is 6.20 Å². The molecule has 3 aromatic rings. The lowest BCUT2D eigenvalue weighted by molar-refractivity contribution is 0.422. The van der Waals surface area contributed by atoms with E-state index in [0.717, 1.165) is 46.1 Å². The first kappa shape index (κ1) is 24.5. The molecule has 0 saturated heterocycles. The number of aliphatic imine (C=N–C) groups is 1. The highest BCUT2D eigenvalue weighted by atomic mass is 35.5. The Kier molecular flexibility index (Phi) is 8.60. The number of nitrogens with two attached hydrogens (primary N) is 1. The van der Waals surface area contributed by atoms with E-state index in [4.69, 9.17) is 22.3 Å². The van der Waals surface area contributed by atoms with Crippen LogP contribution in [0, 0.1) is 5.92 Å². The molecule has 2 aromatic heterocycles. The fourth-order valence-corrected chi connectivity index (χ4v) is 3.99. The van der Waals surface area contributed by atoms with E-state index >= 15 is 0 Å². The number of rotatable bonds is 10. The molecule has 0 unspecified atom stereocenters. The highest BCUT2D eigenvalue weighted by molar-refractivity contribution is 6.31. The topological polar surface area (TPSA) is 94.4 Å². The quantitative estimate of drug-likeness (QED) is 0.268. The second-order valence-corrected chi connectivity index (χ2v) is 8.93. The number of pyridine rings is 1. The summed E-state index contributed by atoms with van der Waals surface area (Å²) in [5.41, 5.74) is 10.5. The lowest BCUT2D eigenvalue weighted by atomic mass is 10.1. The molecule has 3 rings (SSSR count). The zero-order valence-corrected chi connectivity index (χ0v) is 20.6. The molecule has 0 aliphatic rings. The molecule has 7 nitrogen and oxygen atoms in total. The van der Waals surface area contributed by atoms with Crippen LogP contribution in [0.25, 0.3) is 10.9 Å². The number of hydrogen-bond acceptors (Lipinski definition) is 5. The summed E-state index contributed by atoms with van der Waals surface area (Å²) in [6.07, 6.45) is 6.45. The number of nitrogens with one attached hydrogen (secondary N) is 3.